The number of anilines is 3. The lowest BCUT2D eigenvalue weighted by atomic mass is 10.0. The van der Waals surface area contributed by atoms with Crippen molar-refractivity contribution in [1.82, 2.24) is 4.98 Å². The van der Waals surface area contributed by atoms with Crippen LogP contribution in [0.1, 0.15) is 27.0 Å². The molecule has 3 aromatic rings. The number of hydrogen-bond donors (Lipinski definition) is 2. The Bertz CT molecular complexity index is 929. The van der Waals surface area contributed by atoms with E-state index in [0.29, 0.717) is 11.3 Å². The van der Waals surface area contributed by atoms with E-state index >= 15 is 0 Å². The average molecular weight is 349 g/mol. The fourth-order valence-electron chi connectivity index (χ4n) is 2.89. The molecule has 132 valence electrons. The Morgan fingerprint density at radius 1 is 0.923 bits per heavy atom. The van der Waals surface area contributed by atoms with Gasteiger partial charge in [0.15, 0.2) is 0 Å². The van der Waals surface area contributed by atoms with Crippen molar-refractivity contribution >= 4 is 23.0 Å². The molecule has 26 heavy (non-hydrogen) atoms. The number of amides is 1. The van der Waals surface area contributed by atoms with Crippen molar-refractivity contribution in [1.29, 1.82) is 0 Å². The van der Waals surface area contributed by atoms with Crippen LogP contribution in [-0.4, -0.2) is 10.9 Å². The van der Waals surface area contributed by atoms with E-state index in [4.69, 9.17) is 0 Å². The van der Waals surface area contributed by atoms with E-state index in [1.165, 1.54) is 36.0 Å². The molecule has 0 aliphatic carbocycles. The molecule has 4 nitrogen and oxygen atoms in total. The van der Waals surface area contributed by atoms with Crippen molar-refractivity contribution < 1.29 is 9.18 Å². The smallest absolute Gasteiger partial charge is 0.257 e. The summed E-state index contributed by atoms with van der Waals surface area (Å²) in [6.45, 7) is 6.15. The Morgan fingerprint density at radius 3 is 2.23 bits per heavy atom. The predicted octanol–water partition coefficient (Wildman–Crippen LogP) is 5.14. The number of benzene rings is 2. The second-order valence-corrected chi connectivity index (χ2v) is 6.32. The van der Waals surface area contributed by atoms with Crippen LogP contribution in [0.5, 0.6) is 0 Å². The number of aromatic nitrogens is 1. The van der Waals surface area contributed by atoms with Crippen LogP contribution in [0.4, 0.5) is 21.5 Å². The number of hydrogen-bond acceptors (Lipinski definition) is 3. The molecule has 2 aromatic carbocycles. The van der Waals surface area contributed by atoms with Crippen molar-refractivity contribution in [2.75, 3.05) is 10.6 Å². The minimum Gasteiger partial charge on any atom is -0.354 e. The van der Waals surface area contributed by atoms with Crippen molar-refractivity contribution in [3.63, 3.8) is 0 Å². The Morgan fingerprint density at radius 2 is 1.58 bits per heavy atom. The van der Waals surface area contributed by atoms with Gasteiger partial charge in [0.1, 0.15) is 5.82 Å². The summed E-state index contributed by atoms with van der Waals surface area (Å²) in [4.78, 5) is 16.6. The van der Waals surface area contributed by atoms with E-state index in [9.17, 15) is 9.18 Å². The zero-order chi connectivity index (χ0) is 18.7. The summed E-state index contributed by atoms with van der Waals surface area (Å²) >= 11 is 0. The molecule has 0 fully saturated rings. The normalized spacial score (nSPS) is 10.5. The Kier molecular flexibility index (Phi) is 4.98. The van der Waals surface area contributed by atoms with E-state index in [1.54, 1.807) is 12.3 Å². The third-order valence-corrected chi connectivity index (χ3v) is 4.05. The molecule has 0 saturated heterocycles. The quantitative estimate of drug-likeness (QED) is 0.685. The fourth-order valence-corrected chi connectivity index (χ4v) is 2.89. The van der Waals surface area contributed by atoms with E-state index in [2.05, 4.69) is 34.7 Å². The Balaban J connectivity index is 1.80. The van der Waals surface area contributed by atoms with Gasteiger partial charge in [0.2, 0.25) is 0 Å². The lowest BCUT2D eigenvalue weighted by molar-refractivity contribution is 0.102. The number of nitrogens with zero attached hydrogens (tertiary/aromatic N) is 1. The SMILES string of the molecule is Cc1cc(C)c(Nc2cncc(C(=O)Nc3ccc(F)cc3)c2)c(C)c1. The standard InChI is InChI=1S/C21H20FN3O/c1-13-8-14(2)20(15(3)9-13)24-19-10-16(11-23-12-19)21(26)25-18-6-4-17(22)5-7-18/h4-12,24H,1-3H3,(H,25,26). The second-order valence-electron chi connectivity index (χ2n) is 6.32. The molecule has 5 heteroatoms. The molecule has 0 aliphatic heterocycles. The van der Waals surface area contributed by atoms with Crippen LogP contribution in [0, 0.1) is 26.6 Å². The molecule has 3 rings (SSSR count). The van der Waals surface area contributed by atoms with Gasteiger partial charge < -0.3 is 10.6 Å². The third kappa shape index (κ3) is 4.06. The first-order valence-electron chi connectivity index (χ1n) is 8.29. The summed E-state index contributed by atoms with van der Waals surface area (Å²) in [6, 6.07) is 11.6. The fraction of sp³-hybridized carbons (Fsp3) is 0.143. The van der Waals surface area contributed by atoms with E-state index in [1.807, 2.05) is 13.8 Å². The maximum Gasteiger partial charge on any atom is 0.257 e. The average Bonchev–Trinajstić information content (AvgIpc) is 2.60. The molecular weight excluding hydrogens is 329 g/mol. The highest BCUT2D eigenvalue weighted by atomic mass is 19.1. The van der Waals surface area contributed by atoms with E-state index in [0.717, 1.165) is 22.5 Å². The molecule has 0 aliphatic rings. The highest BCUT2D eigenvalue weighted by Gasteiger charge is 2.10. The molecule has 0 saturated carbocycles. The molecule has 2 N–H and O–H groups in total. The summed E-state index contributed by atoms with van der Waals surface area (Å²) in [5.41, 5.74) is 6.14. The van der Waals surface area contributed by atoms with Gasteiger partial charge in [0.05, 0.1) is 17.4 Å². The van der Waals surface area contributed by atoms with Gasteiger partial charge in [0.25, 0.3) is 5.91 Å². The topological polar surface area (TPSA) is 54.0 Å². The minimum atomic E-state index is -0.347. The number of rotatable bonds is 4. The molecule has 0 radical (unpaired) electrons. The molecular formula is C21H20FN3O. The van der Waals surface area contributed by atoms with Crippen LogP contribution >= 0.6 is 0 Å². The van der Waals surface area contributed by atoms with Gasteiger partial charge in [-0.05, 0) is 62.2 Å². The minimum absolute atomic E-state index is 0.301. The number of nitrogens with one attached hydrogen (secondary N) is 2. The van der Waals surface area contributed by atoms with Gasteiger partial charge in [-0.2, -0.15) is 0 Å². The monoisotopic (exact) mass is 349 g/mol. The summed E-state index contributed by atoms with van der Waals surface area (Å²) in [5.74, 6) is -0.648. The van der Waals surface area contributed by atoms with Crippen LogP contribution in [0.3, 0.4) is 0 Å². The second kappa shape index (κ2) is 7.35. The van der Waals surface area contributed by atoms with Gasteiger partial charge in [-0.1, -0.05) is 17.7 Å². The highest BCUT2D eigenvalue weighted by molar-refractivity contribution is 6.04. The number of carbonyl (C=O) groups excluding carboxylic acids is 1. The number of pyridine rings is 1. The van der Waals surface area contributed by atoms with Gasteiger partial charge >= 0.3 is 0 Å². The van der Waals surface area contributed by atoms with Crippen LogP contribution in [-0.2, 0) is 0 Å². The first kappa shape index (κ1) is 17.6. The van der Waals surface area contributed by atoms with Crippen molar-refractivity contribution in [2.45, 2.75) is 20.8 Å². The van der Waals surface area contributed by atoms with E-state index < -0.39 is 0 Å². The first-order valence-corrected chi connectivity index (χ1v) is 8.29. The summed E-state index contributed by atoms with van der Waals surface area (Å²) < 4.78 is 13.0. The maximum absolute atomic E-state index is 13.0. The molecule has 1 aromatic heterocycles. The summed E-state index contributed by atoms with van der Waals surface area (Å²) in [6.07, 6.45) is 3.17. The number of halogens is 1. The maximum atomic E-state index is 13.0. The first-order chi connectivity index (χ1) is 12.4. The Labute approximate surface area is 152 Å². The zero-order valence-electron chi connectivity index (χ0n) is 14.9. The van der Waals surface area contributed by atoms with E-state index in [-0.39, 0.29) is 11.7 Å². The molecule has 0 unspecified atom stereocenters. The molecule has 0 bridgehead atoms. The third-order valence-electron chi connectivity index (χ3n) is 4.05. The van der Waals surface area contributed by atoms with Crippen molar-refractivity contribution in [3.8, 4) is 0 Å². The van der Waals surface area contributed by atoms with Gasteiger partial charge in [-0.3, -0.25) is 9.78 Å². The molecule has 1 heterocycles. The van der Waals surface area contributed by atoms with Gasteiger partial charge in [-0.15, -0.1) is 0 Å². The van der Waals surface area contributed by atoms with Gasteiger partial charge in [0, 0.05) is 17.6 Å². The highest BCUT2D eigenvalue weighted by Crippen LogP contribution is 2.26. The van der Waals surface area contributed by atoms with Crippen molar-refractivity contribution in [2.24, 2.45) is 0 Å². The molecule has 1 amide bonds. The number of aryl methyl sites for hydroxylation is 3. The lowest BCUT2D eigenvalue weighted by Crippen LogP contribution is -2.12. The van der Waals surface area contributed by atoms with Crippen LogP contribution in [0.15, 0.2) is 54.9 Å². The largest absolute Gasteiger partial charge is 0.354 e. The van der Waals surface area contributed by atoms with Crippen LogP contribution < -0.4 is 10.6 Å². The lowest BCUT2D eigenvalue weighted by Gasteiger charge is -2.14. The number of carbonyl (C=O) groups is 1. The predicted molar refractivity (Wildman–Crippen MR) is 103 cm³/mol. The zero-order valence-corrected chi connectivity index (χ0v) is 14.9. The summed E-state index contributed by atoms with van der Waals surface area (Å²) in [7, 11) is 0. The van der Waals surface area contributed by atoms with Crippen LogP contribution in [0.25, 0.3) is 0 Å². The molecule has 0 spiro atoms. The Hall–Kier alpha value is -3.21. The van der Waals surface area contributed by atoms with Gasteiger partial charge in [-0.25, -0.2) is 4.39 Å². The van der Waals surface area contributed by atoms with Crippen LogP contribution in [0.2, 0.25) is 0 Å². The molecule has 0 atom stereocenters. The summed E-state index contributed by atoms with van der Waals surface area (Å²) in [5, 5.41) is 6.08. The van der Waals surface area contributed by atoms with Crippen molar-refractivity contribution in [3.05, 3.63) is 82.9 Å².